The summed E-state index contributed by atoms with van der Waals surface area (Å²) in [6.45, 7) is 2.92. The molecular formula is C15H26N2O3. The van der Waals surface area contributed by atoms with Crippen molar-refractivity contribution in [3.8, 4) is 0 Å². The molecule has 1 saturated carbocycles. The molecule has 1 heterocycles. The summed E-state index contributed by atoms with van der Waals surface area (Å²) in [5, 5.41) is 12.0. The first kappa shape index (κ1) is 15.1. The van der Waals surface area contributed by atoms with E-state index in [4.69, 9.17) is 5.11 Å². The molecule has 1 aliphatic heterocycles. The Hall–Kier alpha value is -1.26. The molecule has 2 fully saturated rings. The summed E-state index contributed by atoms with van der Waals surface area (Å²) in [6, 6.07) is 0.249. The van der Waals surface area contributed by atoms with Crippen LogP contribution in [0.5, 0.6) is 0 Å². The quantitative estimate of drug-likeness (QED) is 0.833. The highest BCUT2D eigenvalue weighted by molar-refractivity contribution is 5.77. The number of hydrogen-bond donors (Lipinski definition) is 2. The molecular weight excluding hydrogens is 256 g/mol. The highest BCUT2D eigenvalue weighted by atomic mass is 16.4. The Morgan fingerprint density at radius 1 is 1.25 bits per heavy atom. The molecule has 2 aliphatic rings. The average Bonchev–Trinajstić information content (AvgIpc) is 2.60. The Morgan fingerprint density at radius 2 is 2.00 bits per heavy atom. The lowest BCUT2D eigenvalue weighted by atomic mass is 9.74. The van der Waals surface area contributed by atoms with E-state index in [2.05, 4.69) is 12.2 Å². The summed E-state index contributed by atoms with van der Waals surface area (Å²) >= 11 is 0. The molecule has 1 aliphatic carbocycles. The summed E-state index contributed by atoms with van der Waals surface area (Å²) in [6.07, 6.45) is 8.08. The van der Waals surface area contributed by atoms with E-state index in [0.717, 1.165) is 45.1 Å². The van der Waals surface area contributed by atoms with Gasteiger partial charge in [-0.05, 0) is 38.5 Å². The maximum atomic E-state index is 12.5. The fourth-order valence-corrected chi connectivity index (χ4v) is 3.41. The standard InChI is InChI=1S/C15H26N2O3/c1-2-12-7-4-3-5-10-17(12)14(20)16-15(8-6-9-15)11-13(18)19/h12H,2-11H2,1H3,(H,16,20)(H,18,19). The zero-order valence-electron chi connectivity index (χ0n) is 12.4. The van der Waals surface area contributed by atoms with E-state index in [1.807, 2.05) is 4.90 Å². The van der Waals surface area contributed by atoms with Crippen molar-refractivity contribution in [3.05, 3.63) is 0 Å². The Bertz CT molecular complexity index is 366. The van der Waals surface area contributed by atoms with Gasteiger partial charge in [-0.1, -0.05) is 19.8 Å². The van der Waals surface area contributed by atoms with Gasteiger partial charge in [-0.15, -0.1) is 0 Å². The highest BCUT2D eigenvalue weighted by Crippen LogP contribution is 2.35. The van der Waals surface area contributed by atoms with Gasteiger partial charge >= 0.3 is 12.0 Å². The average molecular weight is 282 g/mol. The van der Waals surface area contributed by atoms with E-state index in [1.54, 1.807) is 0 Å². The van der Waals surface area contributed by atoms with Gasteiger partial charge in [0.25, 0.3) is 0 Å². The number of nitrogens with one attached hydrogen (secondary N) is 1. The first-order valence-corrected chi connectivity index (χ1v) is 7.87. The van der Waals surface area contributed by atoms with Crippen molar-refractivity contribution >= 4 is 12.0 Å². The maximum Gasteiger partial charge on any atom is 0.318 e. The van der Waals surface area contributed by atoms with Crippen LogP contribution in [0, 0.1) is 0 Å². The van der Waals surface area contributed by atoms with Crippen LogP contribution in [-0.4, -0.2) is 40.1 Å². The zero-order valence-corrected chi connectivity index (χ0v) is 12.4. The second kappa shape index (κ2) is 6.46. The minimum atomic E-state index is -0.826. The number of rotatable bonds is 4. The minimum absolute atomic E-state index is 0.0450. The number of urea groups is 1. The number of carbonyl (C=O) groups is 2. The molecule has 2 rings (SSSR count). The molecule has 0 aromatic rings. The Kier molecular flexibility index (Phi) is 4.89. The fraction of sp³-hybridized carbons (Fsp3) is 0.867. The number of carbonyl (C=O) groups excluding carboxylic acids is 1. The van der Waals surface area contributed by atoms with Crippen LogP contribution >= 0.6 is 0 Å². The summed E-state index contributed by atoms with van der Waals surface area (Å²) in [5.41, 5.74) is -0.493. The van der Waals surface area contributed by atoms with Crippen molar-refractivity contribution in [3.63, 3.8) is 0 Å². The molecule has 1 atom stereocenters. The molecule has 0 spiro atoms. The minimum Gasteiger partial charge on any atom is -0.481 e. The number of carboxylic acids is 1. The monoisotopic (exact) mass is 282 g/mol. The molecule has 20 heavy (non-hydrogen) atoms. The van der Waals surface area contributed by atoms with Crippen LogP contribution in [0.4, 0.5) is 4.79 Å². The Balaban J connectivity index is 1.99. The molecule has 114 valence electrons. The van der Waals surface area contributed by atoms with E-state index in [0.29, 0.717) is 6.04 Å². The number of likely N-dealkylation sites (tertiary alicyclic amines) is 1. The lowest BCUT2D eigenvalue weighted by Gasteiger charge is -2.43. The van der Waals surface area contributed by atoms with Crippen molar-refractivity contribution in [1.82, 2.24) is 10.2 Å². The normalized spacial score (nSPS) is 25.4. The van der Waals surface area contributed by atoms with Gasteiger partial charge in [0, 0.05) is 12.6 Å². The maximum absolute atomic E-state index is 12.5. The largest absolute Gasteiger partial charge is 0.481 e. The van der Waals surface area contributed by atoms with Crippen molar-refractivity contribution in [2.75, 3.05) is 6.54 Å². The van der Waals surface area contributed by atoms with Gasteiger partial charge in [-0.25, -0.2) is 4.79 Å². The number of aliphatic carboxylic acids is 1. The molecule has 0 bridgehead atoms. The van der Waals surface area contributed by atoms with E-state index in [9.17, 15) is 9.59 Å². The van der Waals surface area contributed by atoms with Crippen LogP contribution in [0.3, 0.4) is 0 Å². The summed E-state index contributed by atoms with van der Waals surface area (Å²) < 4.78 is 0. The first-order valence-electron chi connectivity index (χ1n) is 7.87. The second-order valence-corrected chi connectivity index (χ2v) is 6.24. The van der Waals surface area contributed by atoms with Gasteiger partial charge in [0.05, 0.1) is 12.0 Å². The van der Waals surface area contributed by atoms with Crippen LogP contribution in [0.25, 0.3) is 0 Å². The second-order valence-electron chi connectivity index (χ2n) is 6.24. The van der Waals surface area contributed by atoms with Crippen LogP contribution in [0.2, 0.25) is 0 Å². The lowest BCUT2D eigenvalue weighted by molar-refractivity contribution is -0.139. The van der Waals surface area contributed by atoms with E-state index in [1.165, 1.54) is 12.8 Å². The van der Waals surface area contributed by atoms with Crippen LogP contribution in [-0.2, 0) is 4.79 Å². The summed E-state index contributed by atoms with van der Waals surface area (Å²) in [5.74, 6) is -0.826. The van der Waals surface area contributed by atoms with Gasteiger partial charge in [-0.2, -0.15) is 0 Å². The summed E-state index contributed by atoms with van der Waals surface area (Å²) in [7, 11) is 0. The fourth-order valence-electron chi connectivity index (χ4n) is 3.41. The molecule has 2 amide bonds. The molecule has 0 aromatic heterocycles. The topological polar surface area (TPSA) is 69.6 Å². The number of amides is 2. The van der Waals surface area contributed by atoms with Crippen molar-refractivity contribution < 1.29 is 14.7 Å². The third-order valence-corrected chi connectivity index (χ3v) is 4.78. The molecule has 5 nitrogen and oxygen atoms in total. The molecule has 1 saturated heterocycles. The Morgan fingerprint density at radius 3 is 2.55 bits per heavy atom. The van der Waals surface area contributed by atoms with Crippen LogP contribution in [0.15, 0.2) is 0 Å². The number of nitrogens with zero attached hydrogens (tertiary/aromatic N) is 1. The van der Waals surface area contributed by atoms with E-state index >= 15 is 0 Å². The highest BCUT2D eigenvalue weighted by Gasteiger charge is 2.41. The molecule has 0 radical (unpaired) electrons. The molecule has 5 heteroatoms. The Labute approximate surface area is 120 Å². The third-order valence-electron chi connectivity index (χ3n) is 4.78. The van der Waals surface area contributed by atoms with Gasteiger partial charge in [0.1, 0.15) is 0 Å². The van der Waals surface area contributed by atoms with E-state index < -0.39 is 11.5 Å². The SMILES string of the molecule is CCC1CCCCCN1C(=O)NC1(CC(=O)O)CCC1. The zero-order chi connectivity index (χ0) is 14.6. The molecule has 1 unspecified atom stereocenters. The van der Waals surface area contributed by atoms with Gasteiger partial charge in [0.2, 0.25) is 0 Å². The van der Waals surface area contributed by atoms with Gasteiger partial charge < -0.3 is 15.3 Å². The summed E-state index contributed by atoms with van der Waals surface area (Å²) in [4.78, 5) is 25.4. The molecule has 2 N–H and O–H groups in total. The number of hydrogen-bond acceptors (Lipinski definition) is 2. The smallest absolute Gasteiger partial charge is 0.318 e. The lowest BCUT2D eigenvalue weighted by Crippen LogP contribution is -2.59. The van der Waals surface area contributed by atoms with Crippen LogP contribution in [0.1, 0.15) is 64.7 Å². The van der Waals surface area contributed by atoms with Crippen molar-refractivity contribution in [2.45, 2.75) is 76.3 Å². The van der Waals surface area contributed by atoms with Crippen molar-refractivity contribution in [2.24, 2.45) is 0 Å². The predicted octanol–water partition coefficient (Wildman–Crippen LogP) is 2.75. The van der Waals surface area contributed by atoms with Crippen LogP contribution < -0.4 is 5.32 Å². The van der Waals surface area contributed by atoms with Gasteiger partial charge in [-0.3, -0.25) is 4.79 Å². The first-order chi connectivity index (χ1) is 9.56. The van der Waals surface area contributed by atoms with E-state index in [-0.39, 0.29) is 12.5 Å². The predicted molar refractivity (Wildman–Crippen MR) is 76.6 cm³/mol. The number of carboxylic acid groups (broad SMARTS) is 1. The van der Waals surface area contributed by atoms with Gasteiger partial charge in [0.15, 0.2) is 0 Å². The third kappa shape index (κ3) is 3.44. The van der Waals surface area contributed by atoms with Crippen molar-refractivity contribution in [1.29, 1.82) is 0 Å². The molecule has 0 aromatic carbocycles.